The minimum atomic E-state index is -0.805. The van der Waals surface area contributed by atoms with Gasteiger partial charge in [0.05, 0.1) is 8.95 Å². The molecule has 0 heterocycles. The van der Waals surface area contributed by atoms with Crippen molar-refractivity contribution < 1.29 is 28.5 Å². The standard InChI is InChI=1S/C27H28Br4O6/c1-13(2)25(32)36-15(5)34-23-11-19(28)17(9-21(23)30)27(7,8)18-10-22(31)24(12-20(18)29)35-16(6)37-26(33)14(3)4/h9-12,15-16H,1,3H2,2,4-8H3. The van der Waals surface area contributed by atoms with Gasteiger partial charge in [0.2, 0.25) is 12.6 Å². The van der Waals surface area contributed by atoms with E-state index in [2.05, 4.69) is 90.7 Å². The van der Waals surface area contributed by atoms with Crippen molar-refractivity contribution in [2.45, 2.75) is 59.5 Å². The van der Waals surface area contributed by atoms with Gasteiger partial charge in [-0.3, -0.25) is 0 Å². The van der Waals surface area contributed by atoms with E-state index in [1.807, 2.05) is 24.3 Å². The topological polar surface area (TPSA) is 71.1 Å². The van der Waals surface area contributed by atoms with Crippen molar-refractivity contribution in [3.05, 3.63) is 77.6 Å². The van der Waals surface area contributed by atoms with Crippen molar-refractivity contribution in [2.75, 3.05) is 0 Å². The number of hydrogen-bond donors (Lipinski definition) is 0. The van der Waals surface area contributed by atoms with Crippen molar-refractivity contribution in [3.63, 3.8) is 0 Å². The van der Waals surface area contributed by atoms with Crippen LogP contribution in [0.15, 0.2) is 66.5 Å². The Labute approximate surface area is 251 Å². The molecule has 37 heavy (non-hydrogen) atoms. The van der Waals surface area contributed by atoms with Crippen molar-refractivity contribution in [1.82, 2.24) is 0 Å². The molecular weight excluding hydrogens is 740 g/mol. The molecule has 2 unspecified atom stereocenters. The van der Waals surface area contributed by atoms with Gasteiger partial charge in [0.25, 0.3) is 0 Å². The molecule has 0 saturated heterocycles. The first-order chi connectivity index (χ1) is 17.0. The minimum Gasteiger partial charge on any atom is -0.454 e. The predicted molar refractivity (Wildman–Crippen MR) is 158 cm³/mol. The quantitative estimate of drug-likeness (QED) is 0.137. The molecule has 0 fully saturated rings. The van der Waals surface area contributed by atoms with Crippen LogP contribution in [0.25, 0.3) is 0 Å². The maximum absolute atomic E-state index is 11.8. The molecule has 0 saturated carbocycles. The summed E-state index contributed by atoms with van der Waals surface area (Å²) >= 11 is 14.5. The highest BCUT2D eigenvalue weighted by atomic mass is 79.9. The molecule has 0 aromatic heterocycles. The summed E-state index contributed by atoms with van der Waals surface area (Å²) in [6.45, 7) is 17.8. The highest BCUT2D eigenvalue weighted by Gasteiger charge is 2.30. The maximum atomic E-state index is 11.8. The molecule has 0 aliphatic heterocycles. The molecule has 0 aliphatic carbocycles. The van der Waals surface area contributed by atoms with E-state index in [0.717, 1.165) is 20.1 Å². The molecule has 0 aliphatic rings. The summed E-state index contributed by atoms with van der Waals surface area (Å²) in [6, 6.07) is 7.56. The number of halogens is 4. The second-order valence-corrected chi connectivity index (χ2v) is 12.3. The summed E-state index contributed by atoms with van der Waals surface area (Å²) in [5.41, 5.74) is 2.06. The predicted octanol–water partition coefficient (Wildman–Crippen LogP) is 8.75. The average molecular weight is 768 g/mol. The summed E-state index contributed by atoms with van der Waals surface area (Å²) in [5.74, 6) is -0.0233. The summed E-state index contributed by atoms with van der Waals surface area (Å²) in [7, 11) is 0. The zero-order chi connectivity index (χ0) is 28.2. The highest BCUT2D eigenvalue weighted by Crippen LogP contribution is 2.45. The van der Waals surface area contributed by atoms with Gasteiger partial charge in [-0.2, -0.15) is 0 Å². The molecule has 2 atom stereocenters. The lowest BCUT2D eigenvalue weighted by molar-refractivity contribution is -0.157. The third-order valence-corrected chi connectivity index (χ3v) is 7.77. The first-order valence-electron chi connectivity index (χ1n) is 11.1. The maximum Gasteiger partial charge on any atom is 0.336 e. The Balaban J connectivity index is 2.33. The van der Waals surface area contributed by atoms with Gasteiger partial charge in [0.15, 0.2) is 0 Å². The summed E-state index contributed by atoms with van der Waals surface area (Å²) in [5, 5.41) is 0. The van der Waals surface area contributed by atoms with Gasteiger partial charge >= 0.3 is 11.9 Å². The number of benzene rings is 2. The van der Waals surface area contributed by atoms with Crippen LogP contribution in [0.3, 0.4) is 0 Å². The average Bonchev–Trinajstić information content (AvgIpc) is 2.77. The lowest BCUT2D eigenvalue weighted by Crippen LogP contribution is -2.23. The monoisotopic (exact) mass is 764 g/mol. The fraction of sp³-hybridized carbons (Fsp3) is 0.333. The van der Waals surface area contributed by atoms with Gasteiger partial charge in [-0.05, 0) is 81.1 Å². The Hall–Kier alpha value is -1.62. The Morgan fingerprint density at radius 1 is 0.703 bits per heavy atom. The summed E-state index contributed by atoms with van der Waals surface area (Å²) in [6.07, 6.45) is -1.61. The number of carbonyl (C=O) groups is 2. The van der Waals surface area contributed by atoms with Crippen molar-refractivity contribution in [1.29, 1.82) is 0 Å². The first-order valence-corrected chi connectivity index (χ1v) is 14.3. The molecule has 200 valence electrons. The van der Waals surface area contributed by atoms with Crippen LogP contribution < -0.4 is 9.47 Å². The van der Waals surface area contributed by atoms with Crippen LogP contribution in [0.1, 0.15) is 52.7 Å². The normalized spacial score (nSPS) is 12.8. The van der Waals surface area contributed by atoms with Crippen LogP contribution >= 0.6 is 63.7 Å². The molecular formula is C27H28Br4O6. The Morgan fingerprint density at radius 2 is 1.03 bits per heavy atom. The molecule has 0 amide bonds. The smallest absolute Gasteiger partial charge is 0.336 e. The van der Waals surface area contributed by atoms with Crippen LogP contribution in [0.4, 0.5) is 0 Å². The van der Waals surface area contributed by atoms with Crippen molar-refractivity contribution in [2.24, 2.45) is 0 Å². The highest BCUT2D eigenvalue weighted by molar-refractivity contribution is 9.11. The molecule has 2 aromatic rings. The van der Waals surface area contributed by atoms with Crippen molar-refractivity contribution >= 4 is 75.7 Å². The van der Waals surface area contributed by atoms with Gasteiger partial charge in [0, 0.05) is 39.4 Å². The molecule has 2 aromatic carbocycles. The fourth-order valence-electron chi connectivity index (χ4n) is 3.25. The number of esters is 2. The number of hydrogen-bond acceptors (Lipinski definition) is 6. The molecule has 0 bridgehead atoms. The van der Waals surface area contributed by atoms with Crippen LogP contribution in [0, 0.1) is 0 Å². The van der Waals surface area contributed by atoms with Crippen molar-refractivity contribution in [3.8, 4) is 11.5 Å². The Morgan fingerprint density at radius 3 is 1.32 bits per heavy atom. The molecule has 2 rings (SSSR count). The second kappa shape index (κ2) is 13.0. The van der Waals surface area contributed by atoms with E-state index in [0.29, 0.717) is 31.6 Å². The van der Waals surface area contributed by atoms with E-state index in [4.69, 9.17) is 18.9 Å². The Kier molecular flexibility index (Phi) is 11.1. The van der Waals surface area contributed by atoms with E-state index in [9.17, 15) is 9.59 Å². The lowest BCUT2D eigenvalue weighted by Gasteiger charge is -2.30. The lowest BCUT2D eigenvalue weighted by atomic mass is 9.78. The largest absolute Gasteiger partial charge is 0.454 e. The zero-order valence-corrected chi connectivity index (χ0v) is 27.7. The van der Waals surface area contributed by atoms with Gasteiger partial charge < -0.3 is 18.9 Å². The van der Waals surface area contributed by atoms with E-state index >= 15 is 0 Å². The summed E-state index contributed by atoms with van der Waals surface area (Å²) in [4.78, 5) is 23.6. The third-order valence-electron chi connectivity index (χ3n) is 5.22. The fourth-order valence-corrected chi connectivity index (χ4v) is 5.76. The van der Waals surface area contributed by atoms with E-state index in [1.165, 1.54) is 0 Å². The van der Waals surface area contributed by atoms with Gasteiger partial charge in [-0.1, -0.05) is 58.9 Å². The SMILES string of the molecule is C=C(C)C(=O)OC(C)Oc1cc(Br)c(C(C)(C)c2cc(Br)c(OC(C)OC(=O)C(=C)C)cc2Br)cc1Br. The first kappa shape index (κ1) is 31.6. The minimum absolute atomic E-state index is 0.295. The number of carbonyl (C=O) groups excluding carboxylic acids is 2. The zero-order valence-electron chi connectivity index (χ0n) is 21.3. The number of rotatable bonds is 10. The molecule has 6 nitrogen and oxygen atoms in total. The Bertz CT molecular complexity index is 1140. The van der Waals surface area contributed by atoms with E-state index in [-0.39, 0.29) is 0 Å². The summed E-state index contributed by atoms with van der Waals surface area (Å²) < 4.78 is 25.1. The van der Waals surface area contributed by atoms with Crippen LogP contribution in [-0.2, 0) is 24.5 Å². The molecule has 10 heteroatoms. The van der Waals surface area contributed by atoms with Gasteiger partial charge in [-0.25, -0.2) is 9.59 Å². The van der Waals surface area contributed by atoms with Gasteiger partial charge in [0.1, 0.15) is 11.5 Å². The van der Waals surface area contributed by atoms with Crippen LogP contribution in [0.5, 0.6) is 11.5 Å². The number of ether oxygens (including phenoxy) is 4. The van der Waals surface area contributed by atoms with Crippen LogP contribution in [-0.4, -0.2) is 24.5 Å². The third kappa shape index (κ3) is 8.18. The van der Waals surface area contributed by atoms with E-state index in [1.54, 1.807) is 27.7 Å². The van der Waals surface area contributed by atoms with Crippen LogP contribution in [0.2, 0.25) is 0 Å². The van der Waals surface area contributed by atoms with E-state index < -0.39 is 29.9 Å². The second-order valence-electron chi connectivity index (χ2n) is 8.89. The molecule has 0 N–H and O–H groups in total. The molecule has 0 spiro atoms. The van der Waals surface area contributed by atoms with Gasteiger partial charge in [-0.15, -0.1) is 0 Å². The molecule has 0 radical (unpaired) electrons.